The topological polar surface area (TPSA) is 93.2 Å². The fourth-order valence-corrected chi connectivity index (χ4v) is 1.85. The Morgan fingerprint density at radius 2 is 2.10 bits per heavy atom. The van der Waals surface area contributed by atoms with Crippen LogP contribution in [0.25, 0.3) is 0 Å². The van der Waals surface area contributed by atoms with Gasteiger partial charge < -0.3 is 16.2 Å². The van der Waals surface area contributed by atoms with Gasteiger partial charge in [-0.25, -0.2) is 0 Å². The van der Waals surface area contributed by atoms with E-state index in [9.17, 15) is 4.79 Å². The van der Waals surface area contributed by atoms with Gasteiger partial charge in [0.1, 0.15) is 0 Å². The summed E-state index contributed by atoms with van der Waals surface area (Å²) in [5, 5.41) is 15.7. The van der Waals surface area contributed by atoms with Crippen LogP contribution >= 0.6 is 0 Å². The Labute approximate surface area is 117 Å². The Kier molecular flexibility index (Phi) is 4.37. The lowest BCUT2D eigenvalue weighted by Crippen LogP contribution is -2.14. The Morgan fingerprint density at radius 3 is 2.65 bits per heavy atom. The van der Waals surface area contributed by atoms with Gasteiger partial charge in [0.25, 0.3) is 5.91 Å². The van der Waals surface area contributed by atoms with Crippen molar-refractivity contribution in [3.8, 4) is 0 Å². The second kappa shape index (κ2) is 6.21. The standard InChI is InChI=1S/C14H18N4O2/c1-2-18-9-12(15)13(17-18)14(20)16-11-5-3-10(4-6-11)7-8-19/h3-6,9,19H,2,7-8,15H2,1H3,(H,16,20). The maximum atomic E-state index is 12.1. The van der Waals surface area contributed by atoms with Crippen LogP contribution in [0, 0.1) is 0 Å². The average Bonchev–Trinajstić information content (AvgIpc) is 2.83. The lowest BCUT2D eigenvalue weighted by atomic mass is 10.1. The predicted octanol–water partition coefficient (Wildman–Crippen LogP) is 1.27. The van der Waals surface area contributed by atoms with Crippen LogP contribution < -0.4 is 11.1 Å². The Morgan fingerprint density at radius 1 is 1.40 bits per heavy atom. The van der Waals surface area contributed by atoms with Gasteiger partial charge in [-0.05, 0) is 31.0 Å². The molecule has 0 fully saturated rings. The molecule has 0 aliphatic rings. The van der Waals surface area contributed by atoms with Crippen molar-refractivity contribution in [2.45, 2.75) is 19.9 Å². The fraction of sp³-hybridized carbons (Fsp3) is 0.286. The van der Waals surface area contributed by atoms with Gasteiger partial charge in [0.05, 0.1) is 5.69 Å². The number of hydrogen-bond acceptors (Lipinski definition) is 4. The molecule has 0 bridgehead atoms. The van der Waals surface area contributed by atoms with Gasteiger partial charge in [0, 0.05) is 25.0 Å². The van der Waals surface area contributed by atoms with E-state index in [1.165, 1.54) is 0 Å². The van der Waals surface area contributed by atoms with Gasteiger partial charge in [-0.2, -0.15) is 5.10 Å². The van der Waals surface area contributed by atoms with Crippen LogP contribution in [0.3, 0.4) is 0 Å². The van der Waals surface area contributed by atoms with Gasteiger partial charge >= 0.3 is 0 Å². The largest absolute Gasteiger partial charge is 0.396 e. The molecule has 0 radical (unpaired) electrons. The van der Waals surface area contributed by atoms with Crippen molar-refractivity contribution in [1.29, 1.82) is 0 Å². The molecule has 0 saturated heterocycles. The Hall–Kier alpha value is -2.34. The molecule has 1 aromatic heterocycles. The molecule has 6 nitrogen and oxygen atoms in total. The minimum absolute atomic E-state index is 0.108. The number of aliphatic hydroxyl groups is 1. The molecule has 20 heavy (non-hydrogen) atoms. The number of anilines is 2. The van der Waals surface area contributed by atoms with Gasteiger partial charge in [-0.3, -0.25) is 9.48 Å². The first-order valence-corrected chi connectivity index (χ1v) is 6.48. The van der Waals surface area contributed by atoms with Crippen LogP contribution in [0.2, 0.25) is 0 Å². The molecule has 1 aromatic carbocycles. The average molecular weight is 274 g/mol. The van der Waals surface area contributed by atoms with Crippen LogP contribution in [0.1, 0.15) is 23.0 Å². The van der Waals surface area contributed by atoms with E-state index in [1.807, 2.05) is 19.1 Å². The zero-order chi connectivity index (χ0) is 14.5. The molecule has 1 heterocycles. The predicted molar refractivity (Wildman–Crippen MR) is 77.5 cm³/mol. The summed E-state index contributed by atoms with van der Waals surface area (Å²) < 4.78 is 1.62. The number of nitrogens with one attached hydrogen (secondary N) is 1. The van der Waals surface area contributed by atoms with Crippen molar-refractivity contribution in [2.24, 2.45) is 0 Å². The van der Waals surface area contributed by atoms with Crippen LogP contribution in [0.5, 0.6) is 0 Å². The molecule has 6 heteroatoms. The van der Waals surface area contributed by atoms with Crippen molar-refractivity contribution in [1.82, 2.24) is 9.78 Å². The van der Waals surface area contributed by atoms with E-state index >= 15 is 0 Å². The Bertz CT molecular complexity index is 590. The molecule has 0 saturated carbocycles. The minimum atomic E-state index is -0.329. The number of nitrogen functional groups attached to an aromatic ring is 1. The van der Waals surface area contributed by atoms with Crippen LogP contribution in [0.15, 0.2) is 30.5 Å². The maximum absolute atomic E-state index is 12.1. The summed E-state index contributed by atoms with van der Waals surface area (Å²) in [6.07, 6.45) is 2.24. The fourth-order valence-electron chi connectivity index (χ4n) is 1.85. The number of carbonyl (C=O) groups excluding carboxylic acids is 1. The number of aliphatic hydroxyl groups excluding tert-OH is 1. The van der Waals surface area contributed by atoms with Gasteiger partial charge in [0.2, 0.25) is 0 Å². The zero-order valence-corrected chi connectivity index (χ0v) is 11.3. The SMILES string of the molecule is CCn1cc(N)c(C(=O)Nc2ccc(CCO)cc2)n1. The number of hydrogen-bond donors (Lipinski definition) is 3. The summed E-state index contributed by atoms with van der Waals surface area (Å²) in [7, 11) is 0. The van der Waals surface area contributed by atoms with E-state index in [1.54, 1.807) is 23.0 Å². The lowest BCUT2D eigenvalue weighted by Gasteiger charge is -2.05. The normalized spacial score (nSPS) is 10.5. The first kappa shape index (κ1) is 14.1. The Balaban J connectivity index is 2.08. The van der Waals surface area contributed by atoms with Crippen LogP contribution in [0.4, 0.5) is 11.4 Å². The van der Waals surface area contributed by atoms with Crippen molar-refractivity contribution in [2.75, 3.05) is 17.7 Å². The highest BCUT2D eigenvalue weighted by atomic mass is 16.3. The van der Waals surface area contributed by atoms with Crippen molar-refractivity contribution >= 4 is 17.3 Å². The molecule has 0 unspecified atom stereocenters. The highest BCUT2D eigenvalue weighted by Gasteiger charge is 2.14. The molecule has 0 aliphatic carbocycles. The van der Waals surface area contributed by atoms with Crippen LogP contribution in [-0.2, 0) is 13.0 Å². The van der Waals surface area contributed by atoms with E-state index in [-0.39, 0.29) is 18.2 Å². The van der Waals surface area contributed by atoms with Gasteiger partial charge in [-0.15, -0.1) is 0 Å². The van der Waals surface area contributed by atoms with E-state index in [4.69, 9.17) is 10.8 Å². The number of aryl methyl sites for hydroxylation is 1. The van der Waals surface area contributed by atoms with Crippen molar-refractivity contribution in [3.05, 3.63) is 41.7 Å². The second-order valence-corrected chi connectivity index (χ2v) is 4.41. The van der Waals surface area contributed by atoms with Crippen molar-refractivity contribution < 1.29 is 9.90 Å². The number of amides is 1. The van der Waals surface area contributed by atoms with Crippen LogP contribution in [-0.4, -0.2) is 27.4 Å². The molecule has 2 aromatic rings. The quantitative estimate of drug-likeness (QED) is 0.765. The smallest absolute Gasteiger partial charge is 0.278 e. The molecule has 0 atom stereocenters. The van der Waals surface area contributed by atoms with E-state index in [0.29, 0.717) is 24.3 Å². The number of nitrogens with zero attached hydrogens (tertiary/aromatic N) is 2. The third-order valence-electron chi connectivity index (χ3n) is 2.94. The number of benzene rings is 1. The van der Waals surface area contributed by atoms with E-state index in [2.05, 4.69) is 10.4 Å². The van der Waals surface area contributed by atoms with Crippen molar-refractivity contribution in [3.63, 3.8) is 0 Å². The van der Waals surface area contributed by atoms with Gasteiger partial charge in [0.15, 0.2) is 5.69 Å². The number of nitrogens with two attached hydrogens (primary N) is 1. The molecule has 0 spiro atoms. The zero-order valence-electron chi connectivity index (χ0n) is 11.3. The third kappa shape index (κ3) is 3.16. The summed E-state index contributed by atoms with van der Waals surface area (Å²) >= 11 is 0. The number of aromatic nitrogens is 2. The summed E-state index contributed by atoms with van der Waals surface area (Å²) in [4.78, 5) is 12.1. The monoisotopic (exact) mass is 274 g/mol. The summed E-state index contributed by atoms with van der Waals surface area (Å²) in [6.45, 7) is 2.69. The number of carbonyl (C=O) groups is 1. The third-order valence-corrected chi connectivity index (χ3v) is 2.94. The van der Waals surface area contributed by atoms with Gasteiger partial charge in [-0.1, -0.05) is 12.1 Å². The highest BCUT2D eigenvalue weighted by molar-refractivity contribution is 6.06. The lowest BCUT2D eigenvalue weighted by molar-refractivity contribution is 0.102. The summed E-state index contributed by atoms with van der Waals surface area (Å²) in [5.41, 5.74) is 8.04. The molecule has 1 amide bonds. The first-order chi connectivity index (χ1) is 9.63. The first-order valence-electron chi connectivity index (χ1n) is 6.48. The second-order valence-electron chi connectivity index (χ2n) is 4.41. The minimum Gasteiger partial charge on any atom is -0.396 e. The molecular weight excluding hydrogens is 256 g/mol. The molecule has 2 rings (SSSR count). The molecule has 106 valence electrons. The molecular formula is C14H18N4O2. The van der Waals surface area contributed by atoms with E-state index in [0.717, 1.165) is 5.56 Å². The molecule has 4 N–H and O–H groups in total. The summed E-state index contributed by atoms with van der Waals surface area (Å²) in [6, 6.07) is 7.30. The van der Waals surface area contributed by atoms with E-state index < -0.39 is 0 Å². The highest BCUT2D eigenvalue weighted by Crippen LogP contribution is 2.14. The molecule has 0 aliphatic heterocycles. The summed E-state index contributed by atoms with van der Waals surface area (Å²) in [5.74, 6) is -0.329. The number of rotatable bonds is 5. The maximum Gasteiger partial charge on any atom is 0.278 e.